The number of rotatable bonds is 4. The average Bonchev–Trinajstić information content (AvgIpc) is 2.81. The van der Waals surface area contributed by atoms with E-state index in [-0.39, 0.29) is 0 Å². The largest absolute Gasteiger partial charge is 0.380 e. The Morgan fingerprint density at radius 1 is 1.11 bits per heavy atom. The molecule has 1 N–H and O–H groups in total. The molecule has 0 aliphatic heterocycles. The SMILES string of the molecule is COC1CCCC1NC1CC(c2ccccc2)C1. The van der Waals surface area contributed by atoms with E-state index < -0.39 is 0 Å². The smallest absolute Gasteiger partial charge is 0.0724 e. The highest BCUT2D eigenvalue weighted by Gasteiger charge is 2.35. The minimum absolute atomic E-state index is 0.445. The number of ether oxygens (including phenoxy) is 1. The maximum atomic E-state index is 5.54. The van der Waals surface area contributed by atoms with E-state index in [1.807, 2.05) is 7.11 Å². The number of benzene rings is 1. The summed E-state index contributed by atoms with van der Waals surface area (Å²) in [5.74, 6) is 0.770. The van der Waals surface area contributed by atoms with Crippen LogP contribution in [0.5, 0.6) is 0 Å². The summed E-state index contributed by atoms with van der Waals surface area (Å²) in [5.41, 5.74) is 1.50. The maximum absolute atomic E-state index is 5.54. The molecule has 2 unspecified atom stereocenters. The van der Waals surface area contributed by atoms with Crippen LogP contribution < -0.4 is 5.32 Å². The van der Waals surface area contributed by atoms with Gasteiger partial charge in [-0.15, -0.1) is 0 Å². The van der Waals surface area contributed by atoms with Gasteiger partial charge in [0, 0.05) is 19.2 Å². The first kappa shape index (κ1) is 12.2. The fourth-order valence-electron chi connectivity index (χ4n) is 3.45. The van der Waals surface area contributed by atoms with Gasteiger partial charge in [0.05, 0.1) is 6.10 Å². The maximum Gasteiger partial charge on any atom is 0.0724 e. The molecule has 0 radical (unpaired) electrons. The molecule has 0 spiro atoms. The molecule has 98 valence electrons. The fourth-order valence-corrected chi connectivity index (χ4v) is 3.45. The van der Waals surface area contributed by atoms with E-state index in [0.717, 1.165) is 5.92 Å². The van der Waals surface area contributed by atoms with Crippen molar-refractivity contribution in [2.24, 2.45) is 0 Å². The molecule has 0 heterocycles. The molecule has 2 nitrogen and oxygen atoms in total. The predicted octanol–water partition coefficient (Wildman–Crippen LogP) is 3.09. The monoisotopic (exact) mass is 245 g/mol. The lowest BCUT2D eigenvalue weighted by Gasteiger charge is -2.39. The van der Waals surface area contributed by atoms with Gasteiger partial charge < -0.3 is 10.1 Å². The second-order valence-corrected chi connectivity index (χ2v) is 5.75. The fraction of sp³-hybridized carbons (Fsp3) is 0.625. The van der Waals surface area contributed by atoms with E-state index in [2.05, 4.69) is 35.6 Å². The molecule has 0 amide bonds. The van der Waals surface area contributed by atoms with Gasteiger partial charge in [0.2, 0.25) is 0 Å². The molecule has 2 aliphatic carbocycles. The van der Waals surface area contributed by atoms with E-state index in [1.165, 1.54) is 37.7 Å². The Morgan fingerprint density at radius 3 is 2.61 bits per heavy atom. The van der Waals surface area contributed by atoms with Gasteiger partial charge >= 0.3 is 0 Å². The van der Waals surface area contributed by atoms with Gasteiger partial charge in [-0.25, -0.2) is 0 Å². The van der Waals surface area contributed by atoms with E-state index in [4.69, 9.17) is 4.74 Å². The van der Waals surface area contributed by atoms with Crippen molar-refractivity contribution >= 4 is 0 Å². The van der Waals surface area contributed by atoms with Crippen LogP contribution >= 0.6 is 0 Å². The molecular weight excluding hydrogens is 222 g/mol. The second kappa shape index (κ2) is 5.41. The summed E-state index contributed by atoms with van der Waals surface area (Å²) < 4.78 is 5.54. The minimum atomic E-state index is 0.445. The second-order valence-electron chi connectivity index (χ2n) is 5.75. The van der Waals surface area contributed by atoms with E-state index in [1.54, 1.807) is 0 Å². The molecule has 2 saturated carbocycles. The first-order valence-electron chi connectivity index (χ1n) is 7.20. The zero-order valence-electron chi connectivity index (χ0n) is 11.1. The van der Waals surface area contributed by atoms with Crippen LogP contribution in [0.4, 0.5) is 0 Å². The molecule has 2 heteroatoms. The van der Waals surface area contributed by atoms with Gasteiger partial charge in [-0.1, -0.05) is 30.3 Å². The summed E-state index contributed by atoms with van der Waals surface area (Å²) in [6.45, 7) is 0. The van der Waals surface area contributed by atoms with Gasteiger partial charge in [-0.05, 0) is 43.6 Å². The Hall–Kier alpha value is -0.860. The van der Waals surface area contributed by atoms with Gasteiger partial charge in [0.1, 0.15) is 0 Å². The third-order valence-electron chi connectivity index (χ3n) is 4.61. The normalized spacial score (nSPS) is 35.4. The summed E-state index contributed by atoms with van der Waals surface area (Å²) in [5, 5.41) is 3.79. The predicted molar refractivity (Wildman–Crippen MR) is 73.8 cm³/mol. The van der Waals surface area contributed by atoms with Crippen molar-refractivity contribution in [3.8, 4) is 0 Å². The topological polar surface area (TPSA) is 21.3 Å². The van der Waals surface area contributed by atoms with Crippen molar-refractivity contribution in [1.29, 1.82) is 0 Å². The lowest BCUT2D eigenvalue weighted by atomic mass is 9.75. The van der Waals surface area contributed by atoms with E-state index >= 15 is 0 Å². The molecule has 2 atom stereocenters. The number of nitrogens with one attached hydrogen (secondary N) is 1. The zero-order valence-corrected chi connectivity index (χ0v) is 11.1. The van der Waals surface area contributed by atoms with Crippen molar-refractivity contribution in [3.05, 3.63) is 35.9 Å². The molecule has 18 heavy (non-hydrogen) atoms. The standard InChI is InChI=1S/C16H23NO/c1-18-16-9-5-8-15(16)17-14-10-13(11-14)12-6-3-2-4-7-12/h2-4,6-7,13-17H,5,8-11H2,1H3. The van der Waals surface area contributed by atoms with Crippen LogP contribution in [0.2, 0.25) is 0 Å². The summed E-state index contributed by atoms with van der Waals surface area (Å²) in [6, 6.07) is 12.2. The minimum Gasteiger partial charge on any atom is -0.380 e. The molecule has 0 aromatic heterocycles. The lowest BCUT2D eigenvalue weighted by Crippen LogP contribution is -2.48. The zero-order chi connectivity index (χ0) is 12.4. The molecule has 3 rings (SSSR count). The Kier molecular flexibility index (Phi) is 3.67. The first-order valence-corrected chi connectivity index (χ1v) is 7.20. The van der Waals surface area contributed by atoms with Crippen molar-refractivity contribution in [3.63, 3.8) is 0 Å². The van der Waals surface area contributed by atoms with Crippen LogP contribution in [-0.2, 0) is 4.74 Å². The quantitative estimate of drug-likeness (QED) is 0.880. The molecular formula is C16H23NO. The van der Waals surface area contributed by atoms with E-state index in [0.29, 0.717) is 18.2 Å². The first-order chi connectivity index (χ1) is 8.86. The van der Waals surface area contributed by atoms with Crippen LogP contribution in [0.1, 0.15) is 43.6 Å². The van der Waals surface area contributed by atoms with Crippen LogP contribution in [0.25, 0.3) is 0 Å². The average molecular weight is 245 g/mol. The molecule has 2 aliphatic rings. The van der Waals surface area contributed by atoms with Gasteiger partial charge in [0.25, 0.3) is 0 Å². The van der Waals surface area contributed by atoms with Crippen molar-refractivity contribution < 1.29 is 4.74 Å². The number of hydrogen-bond acceptors (Lipinski definition) is 2. The van der Waals surface area contributed by atoms with Gasteiger partial charge in [-0.3, -0.25) is 0 Å². The highest BCUT2D eigenvalue weighted by Crippen LogP contribution is 2.37. The van der Waals surface area contributed by atoms with Crippen molar-refractivity contribution in [2.45, 2.75) is 56.2 Å². The van der Waals surface area contributed by atoms with Crippen LogP contribution in [0.15, 0.2) is 30.3 Å². The Labute approximate surface area is 110 Å². The Balaban J connectivity index is 1.48. The molecule has 1 aromatic carbocycles. The number of methoxy groups -OCH3 is 1. The van der Waals surface area contributed by atoms with Crippen molar-refractivity contribution in [2.75, 3.05) is 7.11 Å². The molecule has 0 bridgehead atoms. The summed E-state index contributed by atoms with van der Waals surface area (Å²) in [6.07, 6.45) is 6.84. The summed E-state index contributed by atoms with van der Waals surface area (Å²) >= 11 is 0. The number of hydrogen-bond donors (Lipinski definition) is 1. The van der Waals surface area contributed by atoms with Gasteiger partial charge in [-0.2, -0.15) is 0 Å². The summed E-state index contributed by atoms with van der Waals surface area (Å²) in [4.78, 5) is 0. The lowest BCUT2D eigenvalue weighted by molar-refractivity contribution is 0.0747. The van der Waals surface area contributed by atoms with Crippen molar-refractivity contribution in [1.82, 2.24) is 5.32 Å². The Bertz CT molecular complexity index is 372. The summed E-state index contributed by atoms with van der Waals surface area (Å²) in [7, 11) is 1.85. The Morgan fingerprint density at radius 2 is 1.89 bits per heavy atom. The van der Waals surface area contributed by atoms with Crippen LogP contribution in [0.3, 0.4) is 0 Å². The third kappa shape index (κ3) is 2.45. The molecule has 2 fully saturated rings. The molecule has 0 saturated heterocycles. The highest BCUT2D eigenvalue weighted by molar-refractivity contribution is 5.22. The van der Waals surface area contributed by atoms with Gasteiger partial charge in [0.15, 0.2) is 0 Å². The third-order valence-corrected chi connectivity index (χ3v) is 4.61. The van der Waals surface area contributed by atoms with E-state index in [9.17, 15) is 0 Å². The van der Waals surface area contributed by atoms with Crippen LogP contribution in [0, 0.1) is 0 Å². The molecule has 1 aromatic rings. The highest BCUT2D eigenvalue weighted by atomic mass is 16.5. The van der Waals surface area contributed by atoms with Crippen LogP contribution in [-0.4, -0.2) is 25.3 Å².